The van der Waals surface area contributed by atoms with E-state index in [9.17, 15) is 4.79 Å². The summed E-state index contributed by atoms with van der Waals surface area (Å²) in [7, 11) is 0. The van der Waals surface area contributed by atoms with E-state index in [-0.39, 0.29) is 11.9 Å². The summed E-state index contributed by atoms with van der Waals surface area (Å²) in [4.78, 5) is 12.4. The van der Waals surface area contributed by atoms with Crippen LogP contribution in [-0.2, 0) is 0 Å². The van der Waals surface area contributed by atoms with Gasteiger partial charge in [0.05, 0.1) is 11.6 Å². The van der Waals surface area contributed by atoms with Crippen LogP contribution in [0.4, 0.5) is 5.69 Å². The third-order valence-electron chi connectivity index (χ3n) is 3.37. The van der Waals surface area contributed by atoms with Crippen LogP contribution < -0.4 is 11.1 Å². The summed E-state index contributed by atoms with van der Waals surface area (Å²) in [6, 6.07) is 15.5. The normalized spacial score (nSPS) is 11.9. The number of aryl methyl sites for hydroxylation is 1. The van der Waals surface area contributed by atoms with Gasteiger partial charge in [0.15, 0.2) is 0 Å². The second-order valence-corrected chi connectivity index (χ2v) is 4.94. The molecule has 0 aliphatic carbocycles. The quantitative estimate of drug-likeness (QED) is 0.834. The highest BCUT2D eigenvalue weighted by Gasteiger charge is 2.15. The average molecular weight is 268 g/mol. The molecule has 3 heteroatoms. The Balaban J connectivity index is 2.20. The van der Waals surface area contributed by atoms with Gasteiger partial charge in [-0.3, -0.25) is 4.79 Å². The molecule has 0 aliphatic rings. The van der Waals surface area contributed by atoms with Crippen LogP contribution in [0.2, 0.25) is 0 Å². The summed E-state index contributed by atoms with van der Waals surface area (Å²) >= 11 is 0. The van der Waals surface area contributed by atoms with Crippen molar-refractivity contribution in [2.45, 2.75) is 26.3 Å². The molecule has 2 aromatic carbocycles. The molecule has 0 spiro atoms. The fourth-order valence-corrected chi connectivity index (χ4v) is 2.21. The molecule has 0 aromatic heterocycles. The Morgan fingerprint density at radius 2 is 1.90 bits per heavy atom. The van der Waals surface area contributed by atoms with Crippen LogP contribution in [0, 0.1) is 6.92 Å². The molecular formula is C17H20N2O. The molecule has 3 nitrogen and oxygen atoms in total. The lowest BCUT2D eigenvalue weighted by molar-refractivity contribution is 0.0936. The lowest BCUT2D eigenvalue weighted by Gasteiger charge is -2.18. The van der Waals surface area contributed by atoms with Gasteiger partial charge >= 0.3 is 0 Å². The first-order valence-corrected chi connectivity index (χ1v) is 6.83. The van der Waals surface area contributed by atoms with Gasteiger partial charge in [-0.1, -0.05) is 48.9 Å². The minimum absolute atomic E-state index is 0.00334. The zero-order chi connectivity index (χ0) is 14.5. The van der Waals surface area contributed by atoms with E-state index in [0.29, 0.717) is 11.3 Å². The molecule has 0 heterocycles. The lowest BCUT2D eigenvalue weighted by atomic mass is 10.0. The summed E-state index contributed by atoms with van der Waals surface area (Å²) in [6.45, 7) is 4.00. The third-order valence-corrected chi connectivity index (χ3v) is 3.37. The number of carbonyl (C=O) groups excluding carboxylic acids is 1. The van der Waals surface area contributed by atoms with E-state index in [4.69, 9.17) is 5.73 Å². The fraction of sp³-hybridized carbons (Fsp3) is 0.235. The summed E-state index contributed by atoms with van der Waals surface area (Å²) in [5.41, 5.74) is 9.07. The van der Waals surface area contributed by atoms with Gasteiger partial charge in [0.1, 0.15) is 0 Å². The highest BCUT2D eigenvalue weighted by molar-refractivity contribution is 5.99. The molecule has 0 saturated heterocycles. The minimum atomic E-state index is -0.123. The van der Waals surface area contributed by atoms with Crippen molar-refractivity contribution in [3.8, 4) is 0 Å². The molecule has 2 aromatic rings. The molecule has 0 fully saturated rings. The topological polar surface area (TPSA) is 55.1 Å². The highest BCUT2D eigenvalue weighted by Crippen LogP contribution is 2.19. The third kappa shape index (κ3) is 3.18. The SMILES string of the molecule is CCC(NC(=O)c1cc(C)ccc1N)c1ccccc1. The van der Waals surface area contributed by atoms with Crippen molar-refractivity contribution in [3.63, 3.8) is 0 Å². The first-order chi connectivity index (χ1) is 9.61. The van der Waals surface area contributed by atoms with Crippen LogP contribution in [-0.4, -0.2) is 5.91 Å². The number of hydrogen-bond acceptors (Lipinski definition) is 2. The number of nitrogens with one attached hydrogen (secondary N) is 1. The minimum Gasteiger partial charge on any atom is -0.398 e. The molecule has 2 rings (SSSR count). The number of carbonyl (C=O) groups is 1. The Kier molecular flexibility index (Phi) is 4.41. The Labute approximate surface area is 119 Å². The van der Waals surface area contributed by atoms with Crippen molar-refractivity contribution in [2.24, 2.45) is 0 Å². The summed E-state index contributed by atoms with van der Waals surface area (Å²) in [5.74, 6) is -0.123. The molecule has 20 heavy (non-hydrogen) atoms. The van der Waals surface area contributed by atoms with E-state index >= 15 is 0 Å². The smallest absolute Gasteiger partial charge is 0.253 e. The van der Waals surface area contributed by atoms with Crippen LogP contribution in [0.1, 0.15) is 40.9 Å². The summed E-state index contributed by atoms with van der Waals surface area (Å²) < 4.78 is 0. The molecule has 0 aliphatic heterocycles. The summed E-state index contributed by atoms with van der Waals surface area (Å²) in [5, 5.41) is 3.05. The number of rotatable bonds is 4. The number of amides is 1. The Bertz CT molecular complexity index is 593. The van der Waals surface area contributed by atoms with E-state index in [1.165, 1.54) is 0 Å². The van der Waals surface area contributed by atoms with Gasteiger partial charge in [-0.25, -0.2) is 0 Å². The Morgan fingerprint density at radius 1 is 1.20 bits per heavy atom. The van der Waals surface area contributed by atoms with E-state index in [1.54, 1.807) is 6.07 Å². The van der Waals surface area contributed by atoms with Gasteiger partial charge in [0.2, 0.25) is 0 Å². The van der Waals surface area contributed by atoms with Crippen LogP contribution in [0.25, 0.3) is 0 Å². The molecule has 0 saturated carbocycles. The first-order valence-electron chi connectivity index (χ1n) is 6.83. The van der Waals surface area contributed by atoms with Crippen LogP contribution in [0.5, 0.6) is 0 Å². The van der Waals surface area contributed by atoms with E-state index in [0.717, 1.165) is 17.5 Å². The second kappa shape index (κ2) is 6.24. The van der Waals surface area contributed by atoms with Gasteiger partial charge in [0.25, 0.3) is 5.91 Å². The largest absolute Gasteiger partial charge is 0.398 e. The fourth-order valence-electron chi connectivity index (χ4n) is 2.21. The maximum atomic E-state index is 12.4. The molecular weight excluding hydrogens is 248 g/mol. The number of anilines is 1. The average Bonchev–Trinajstić information content (AvgIpc) is 2.48. The monoisotopic (exact) mass is 268 g/mol. The van der Waals surface area contributed by atoms with Crippen molar-refractivity contribution in [1.29, 1.82) is 0 Å². The zero-order valence-corrected chi connectivity index (χ0v) is 11.9. The van der Waals surface area contributed by atoms with Crippen molar-refractivity contribution < 1.29 is 4.79 Å². The van der Waals surface area contributed by atoms with Gasteiger partial charge < -0.3 is 11.1 Å². The first kappa shape index (κ1) is 14.1. The van der Waals surface area contributed by atoms with Gasteiger partial charge in [0, 0.05) is 5.69 Å². The predicted molar refractivity (Wildman–Crippen MR) is 82.5 cm³/mol. The number of nitrogen functional groups attached to an aromatic ring is 1. The Morgan fingerprint density at radius 3 is 2.55 bits per heavy atom. The Hall–Kier alpha value is -2.29. The van der Waals surface area contributed by atoms with E-state index < -0.39 is 0 Å². The molecule has 0 bridgehead atoms. The van der Waals surface area contributed by atoms with Crippen molar-refractivity contribution in [3.05, 3.63) is 65.2 Å². The number of benzene rings is 2. The van der Waals surface area contributed by atoms with E-state index in [2.05, 4.69) is 12.2 Å². The van der Waals surface area contributed by atoms with Crippen LogP contribution in [0.3, 0.4) is 0 Å². The molecule has 1 unspecified atom stereocenters. The second-order valence-electron chi connectivity index (χ2n) is 4.94. The standard InChI is InChI=1S/C17H20N2O/c1-3-16(13-7-5-4-6-8-13)19-17(20)14-11-12(2)9-10-15(14)18/h4-11,16H,3,18H2,1-2H3,(H,19,20). The maximum Gasteiger partial charge on any atom is 0.253 e. The van der Waals surface area contributed by atoms with Crippen molar-refractivity contribution >= 4 is 11.6 Å². The van der Waals surface area contributed by atoms with Crippen LogP contribution in [0.15, 0.2) is 48.5 Å². The molecule has 3 N–H and O–H groups in total. The maximum absolute atomic E-state index is 12.4. The van der Waals surface area contributed by atoms with Crippen molar-refractivity contribution in [1.82, 2.24) is 5.32 Å². The van der Waals surface area contributed by atoms with E-state index in [1.807, 2.05) is 49.4 Å². The lowest BCUT2D eigenvalue weighted by Crippen LogP contribution is -2.28. The van der Waals surface area contributed by atoms with Crippen LogP contribution >= 0.6 is 0 Å². The van der Waals surface area contributed by atoms with Gasteiger partial charge in [-0.15, -0.1) is 0 Å². The number of nitrogens with two attached hydrogens (primary N) is 1. The van der Waals surface area contributed by atoms with Crippen molar-refractivity contribution in [2.75, 3.05) is 5.73 Å². The molecule has 1 amide bonds. The predicted octanol–water partition coefficient (Wildman–Crippen LogP) is 3.46. The summed E-state index contributed by atoms with van der Waals surface area (Å²) in [6.07, 6.45) is 0.835. The van der Waals surface area contributed by atoms with Gasteiger partial charge in [-0.2, -0.15) is 0 Å². The zero-order valence-electron chi connectivity index (χ0n) is 11.9. The molecule has 104 valence electrons. The van der Waals surface area contributed by atoms with Gasteiger partial charge in [-0.05, 0) is 31.0 Å². The molecule has 1 atom stereocenters. The number of hydrogen-bond donors (Lipinski definition) is 2. The highest BCUT2D eigenvalue weighted by atomic mass is 16.1. The molecule has 0 radical (unpaired) electrons.